The van der Waals surface area contributed by atoms with Gasteiger partial charge >= 0.3 is 0 Å². The topological polar surface area (TPSA) is 37.3 Å². The Morgan fingerprint density at radius 3 is 2.62 bits per heavy atom. The summed E-state index contributed by atoms with van der Waals surface area (Å²) in [6.45, 7) is 4.69. The fraction of sp³-hybridized carbons (Fsp3) is 0.842. The fourth-order valence-electron chi connectivity index (χ4n) is 6.41. The Morgan fingerprint density at radius 1 is 1.10 bits per heavy atom. The molecule has 0 aliphatic heterocycles. The zero-order valence-corrected chi connectivity index (χ0v) is 13.4. The van der Waals surface area contributed by atoms with Gasteiger partial charge in [0.2, 0.25) is 0 Å². The molecule has 0 bridgehead atoms. The predicted octanol–water partition coefficient (Wildman–Crippen LogP) is 3.88. The van der Waals surface area contributed by atoms with Crippen LogP contribution < -0.4 is 0 Å². The van der Waals surface area contributed by atoms with Crippen molar-refractivity contribution in [3.05, 3.63) is 11.6 Å². The Bertz CT molecular complexity index is 508. The molecule has 116 valence electrons. The van der Waals surface area contributed by atoms with E-state index in [1.807, 2.05) is 0 Å². The van der Waals surface area contributed by atoms with Gasteiger partial charge < -0.3 is 5.11 Å². The Balaban J connectivity index is 1.69. The van der Waals surface area contributed by atoms with Crippen molar-refractivity contribution in [3.8, 4) is 0 Å². The van der Waals surface area contributed by atoms with E-state index in [-0.39, 0.29) is 11.5 Å². The van der Waals surface area contributed by atoms with Crippen LogP contribution in [0.4, 0.5) is 0 Å². The highest BCUT2D eigenvalue weighted by atomic mass is 16.3. The minimum Gasteiger partial charge on any atom is -0.393 e. The number of carbonyl (C=O) groups is 1. The fourth-order valence-corrected chi connectivity index (χ4v) is 6.41. The number of aliphatic hydroxyl groups is 1. The maximum Gasteiger partial charge on any atom is 0.139 e. The predicted molar refractivity (Wildman–Crippen MR) is 82.7 cm³/mol. The number of aliphatic hydroxyl groups excluding tert-OH is 1. The van der Waals surface area contributed by atoms with Crippen molar-refractivity contribution in [3.63, 3.8) is 0 Å². The van der Waals surface area contributed by atoms with Crippen LogP contribution in [0.5, 0.6) is 0 Å². The third-order valence-electron chi connectivity index (χ3n) is 7.79. The number of fused-ring (bicyclic) bond motifs is 5. The van der Waals surface area contributed by atoms with Gasteiger partial charge in [-0.2, -0.15) is 0 Å². The van der Waals surface area contributed by atoms with Crippen LogP contribution in [-0.4, -0.2) is 17.0 Å². The molecule has 1 N–H and O–H groups in total. The number of hydrogen-bond donors (Lipinski definition) is 1. The Hall–Kier alpha value is -0.630. The van der Waals surface area contributed by atoms with Crippen LogP contribution in [0, 0.1) is 28.6 Å². The van der Waals surface area contributed by atoms with Crippen molar-refractivity contribution in [1.82, 2.24) is 0 Å². The average molecular weight is 288 g/mol. The highest BCUT2D eigenvalue weighted by Gasteiger charge is 2.58. The van der Waals surface area contributed by atoms with E-state index in [0.717, 1.165) is 50.9 Å². The molecule has 0 radical (unpaired) electrons. The number of ketones is 1. The summed E-state index contributed by atoms with van der Waals surface area (Å²) in [5.41, 5.74) is 1.81. The van der Waals surface area contributed by atoms with Crippen molar-refractivity contribution in [2.24, 2.45) is 28.6 Å². The van der Waals surface area contributed by atoms with Gasteiger partial charge in [-0.25, -0.2) is 0 Å². The Labute approximate surface area is 128 Å². The van der Waals surface area contributed by atoms with E-state index in [4.69, 9.17) is 0 Å². The van der Waals surface area contributed by atoms with Crippen molar-refractivity contribution in [2.45, 2.75) is 71.3 Å². The Morgan fingerprint density at radius 2 is 1.81 bits per heavy atom. The van der Waals surface area contributed by atoms with E-state index >= 15 is 0 Å². The first-order chi connectivity index (χ1) is 9.95. The van der Waals surface area contributed by atoms with E-state index in [0.29, 0.717) is 23.0 Å². The molecule has 4 aliphatic rings. The van der Waals surface area contributed by atoms with Gasteiger partial charge in [-0.1, -0.05) is 25.5 Å². The third kappa shape index (κ3) is 1.78. The maximum absolute atomic E-state index is 12.4. The van der Waals surface area contributed by atoms with Crippen LogP contribution in [-0.2, 0) is 4.79 Å². The summed E-state index contributed by atoms with van der Waals surface area (Å²) < 4.78 is 0. The molecule has 0 amide bonds. The van der Waals surface area contributed by atoms with E-state index < -0.39 is 0 Å². The van der Waals surface area contributed by atoms with Crippen molar-refractivity contribution >= 4 is 5.78 Å². The second kappa shape index (κ2) is 4.44. The number of rotatable bonds is 0. The quantitative estimate of drug-likeness (QED) is 0.687. The average Bonchev–Trinajstić information content (AvgIpc) is 2.76. The molecular formula is C19H28O2. The van der Waals surface area contributed by atoms with Gasteiger partial charge in [0.15, 0.2) is 0 Å². The number of carbonyl (C=O) groups excluding carboxylic acids is 1. The molecule has 3 fully saturated rings. The van der Waals surface area contributed by atoms with Crippen molar-refractivity contribution in [2.75, 3.05) is 0 Å². The van der Waals surface area contributed by atoms with Crippen LogP contribution in [0.3, 0.4) is 0 Å². The third-order valence-corrected chi connectivity index (χ3v) is 7.79. The lowest BCUT2D eigenvalue weighted by atomic mass is 9.48. The molecule has 4 aliphatic carbocycles. The number of Topliss-reactive ketones (excluding diaryl/α,β-unsaturated/α-hetero) is 1. The summed E-state index contributed by atoms with van der Waals surface area (Å²) in [5.74, 6) is 2.60. The summed E-state index contributed by atoms with van der Waals surface area (Å²) in [6, 6.07) is 0. The van der Waals surface area contributed by atoms with Gasteiger partial charge in [-0.05, 0) is 68.1 Å². The van der Waals surface area contributed by atoms with Gasteiger partial charge in [-0.15, -0.1) is 0 Å². The normalized spacial score (nSPS) is 52.7. The summed E-state index contributed by atoms with van der Waals surface area (Å²) in [5, 5.41) is 10.00. The molecule has 0 spiro atoms. The lowest BCUT2D eigenvalue weighted by molar-refractivity contribution is -0.132. The maximum atomic E-state index is 12.4. The first-order valence-corrected chi connectivity index (χ1v) is 8.86. The number of hydrogen-bond acceptors (Lipinski definition) is 2. The van der Waals surface area contributed by atoms with Gasteiger partial charge in [0.1, 0.15) is 5.78 Å². The highest BCUT2D eigenvalue weighted by Crippen LogP contribution is 2.63. The molecular weight excluding hydrogens is 260 g/mol. The summed E-state index contributed by atoms with van der Waals surface area (Å²) in [6.07, 6.45) is 10.7. The number of allylic oxidation sites excluding steroid dienone is 1. The van der Waals surface area contributed by atoms with Gasteiger partial charge in [0, 0.05) is 11.8 Å². The monoisotopic (exact) mass is 288 g/mol. The zero-order chi connectivity index (χ0) is 14.8. The molecule has 4 rings (SSSR count). The Kier molecular flexibility index (Phi) is 2.96. The van der Waals surface area contributed by atoms with Gasteiger partial charge in [0.25, 0.3) is 0 Å². The van der Waals surface area contributed by atoms with Crippen LogP contribution >= 0.6 is 0 Å². The van der Waals surface area contributed by atoms with Crippen LogP contribution in [0.25, 0.3) is 0 Å². The lowest BCUT2D eigenvalue weighted by Crippen LogP contribution is -2.50. The minimum atomic E-state index is -0.122. The van der Waals surface area contributed by atoms with Gasteiger partial charge in [0.05, 0.1) is 6.10 Å². The second-order valence-electron chi connectivity index (χ2n) is 8.57. The second-order valence-corrected chi connectivity index (χ2v) is 8.57. The van der Waals surface area contributed by atoms with E-state index in [1.165, 1.54) is 12.0 Å². The van der Waals surface area contributed by atoms with Crippen molar-refractivity contribution in [1.29, 1.82) is 0 Å². The van der Waals surface area contributed by atoms with Crippen LogP contribution in [0.15, 0.2) is 11.6 Å². The zero-order valence-electron chi connectivity index (χ0n) is 13.4. The van der Waals surface area contributed by atoms with Crippen molar-refractivity contribution < 1.29 is 9.90 Å². The molecule has 2 nitrogen and oxygen atoms in total. The molecule has 0 heterocycles. The molecule has 2 heteroatoms. The summed E-state index contributed by atoms with van der Waals surface area (Å²) in [7, 11) is 0. The summed E-state index contributed by atoms with van der Waals surface area (Å²) >= 11 is 0. The smallest absolute Gasteiger partial charge is 0.139 e. The summed E-state index contributed by atoms with van der Waals surface area (Å²) in [4.78, 5) is 12.4. The minimum absolute atomic E-state index is 0.0168. The van der Waals surface area contributed by atoms with Crippen LogP contribution in [0.1, 0.15) is 65.2 Å². The first-order valence-electron chi connectivity index (χ1n) is 8.86. The van der Waals surface area contributed by atoms with E-state index in [1.54, 1.807) is 0 Å². The molecule has 21 heavy (non-hydrogen) atoms. The molecule has 0 aromatic heterocycles. The standard InChI is InChI=1S/C19H28O2/c1-18-9-7-13(20)11-12(18)3-4-14-15-5-6-17(21)19(15,2)10-8-16(14)18/h3,13-16,20H,4-11H2,1-2H3/t13?,14-,15+,16?,18-,19-/m0/s1. The van der Waals surface area contributed by atoms with Crippen LogP contribution in [0.2, 0.25) is 0 Å². The molecule has 2 unspecified atom stereocenters. The van der Waals surface area contributed by atoms with Gasteiger partial charge in [-0.3, -0.25) is 4.79 Å². The largest absolute Gasteiger partial charge is 0.393 e. The molecule has 3 saturated carbocycles. The molecule has 6 atom stereocenters. The molecule has 0 aromatic rings. The molecule has 0 aromatic carbocycles. The highest BCUT2D eigenvalue weighted by molar-refractivity contribution is 5.87. The SMILES string of the molecule is C[C@]12CCC(O)CC1=CC[C@@H]1C2CC[C@]2(C)C(=O)CC[C@H]12. The first kappa shape index (κ1) is 14.0. The molecule has 0 saturated heterocycles. The van der Waals surface area contributed by atoms with E-state index in [9.17, 15) is 9.90 Å². The van der Waals surface area contributed by atoms with E-state index in [2.05, 4.69) is 19.9 Å². The lowest BCUT2D eigenvalue weighted by Gasteiger charge is -2.56.